The van der Waals surface area contributed by atoms with E-state index in [9.17, 15) is 0 Å². The Morgan fingerprint density at radius 1 is 0.320 bits per heavy atom. The third-order valence-corrected chi connectivity index (χ3v) is 10.7. The van der Waals surface area contributed by atoms with Crippen molar-refractivity contribution in [1.82, 2.24) is 0 Å². The third kappa shape index (κ3) is 5.56. The van der Waals surface area contributed by atoms with Crippen LogP contribution in [0.4, 0.5) is 17.1 Å². The van der Waals surface area contributed by atoms with Gasteiger partial charge >= 0.3 is 0 Å². The molecule has 0 saturated heterocycles. The van der Waals surface area contributed by atoms with E-state index in [1.165, 1.54) is 64.7 Å². The van der Waals surface area contributed by atoms with Gasteiger partial charge in [-0.15, -0.1) is 11.3 Å². The summed E-state index contributed by atoms with van der Waals surface area (Å²) in [7, 11) is 0. The highest BCUT2D eigenvalue weighted by Gasteiger charge is 2.17. The molecule has 0 spiro atoms. The van der Waals surface area contributed by atoms with Crippen LogP contribution in [-0.4, -0.2) is 0 Å². The number of thiophene rings is 1. The molecule has 8 aromatic carbocycles. The minimum Gasteiger partial charge on any atom is -0.310 e. The first kappa shape index (κ1) is 29.9. The smallest absolute Gasteiger partial charge is 0.0467 e. The molecule has 0 aliphatic heterocycles. The number of nitrogens with zero attached hydrogens (tertiary/aromatic N) is 1. The topological polar surface area (TPSA) is 3.24 Å². The molecule has 0 bridgehead atoms. The predicted octanol–water partition coefficient (Wildman–Crippen LogP) is 14.2. The van der Waals surface area contributed by atoms with Crippen LogP contribution in [0.2, 0.25) is 0 Å². The van der Waals surface area contributed by atoms with Crippen LogP contribution < -0.4 is 4.90 Å². The van der Waals surface area contributed by atoms with Gasteiger partial charge in [0.1, 0.15) is 0 Å². The van der Waals surface area contributed by atoms with Crippen LogP contribution in [0.3, 0.4) is 0 Å². The zero-order valence-corrected chi connectivity index (χ0v) is 28.2. The third-order valence-electron chi connectivity index (χ3n) is 9.49. The van der Waals surface area contributed by atoms with Crippen molar-refractivity contribution in [1.29, 1.82) is 0 Å². The number of benzene rings is 8. The maximum absolute atomic E-state index is 2.36. The Kier molecular flexibility index (Phi) is 7.77. The van der Waals surface area contributed by atoms with Crippen LogP contribution in [-0.2, 0) is 0 Å². The largest absolute Gasteiger partial charge is 0.310 e. The highest BCUT2D eigenvalue weighted by Crippen LogP contribution is 2.45. The summed E-state index contributed by atoms with van der Waals surface area (Å²) in [6.07, 6.45) is 0. The fraction of sp³-hybridized carbons (Fsp3) is 0. The zero-order valence-electron chi connectivity index (χ0n) is 27.4. The van der Waals surface area contributed by atoms with Gasteiger partial charge in [0, 0.05) is 37.2 Å². The van der Waals surface area contributed by atoms with E-state index in [0.29, 0.717) is 0 Å². The molecule has 236 valence electrons. The molecule has 1 aromatic heterocycles. The molecule has 1 nitrogen and oxygen atoms in total. The quantitative estimate of drug-likeness (QED) is 0.165. The molecule has 9 aromatic rings. The highest BCUT2D eigenvalue weighted by atomic mass is 32.1. The van der Waals surface area contributed by atoms with E-state index in [4.69, 9.17) is 0 Å². The van der Waals surface area contributed by atoms with Gasteiger partial charge in [-0.3, -0.25) is 0 Å². The lowest BCUT2D eigenvalue weighted by Crippen LogP contribution is -2.10. The van der Waals surface area contributed by atoms with Crippen molar-refractivity contribution in [2.45, 2.75) is 0 Å². The maximum Gasteiger partial charge on any atom is 0.0467 e. The summed E-state index contributed by atoms with van der Waals surface area (Å²) in [6, 6.07) is 72.2. The molecular formula is C48H33NS. The average Bonchev–Trinajstić information content (AvgIpc) is 3.59. The van der Waals surface area contributed by atoms with Crippen molar-refractivity contribution in [3.63, 3.8) is 0 Å². The van der Waals surface area contributed by atoms with Crippen LogP contribution in [0, 0.1) is 0 Å². The Morgan fingerprint density at radius 3 is 1.46 bits per heavy atom. The van der Waals surface area contributed by atoms with Crippen LogP contribution in [0.5, 0.6) is 0 Å². The van der Waals surface area contributed by atoms with Gasteiger partial charge in [-0.2, -0.15) is 0 Å². The number of anilines is 3. The molecule has 0 aliphatic carbocycles. The van der Waals surface area contributed by atoms with E-state index in [1.807, 2.05) is 11.3 Å². The number of hydrogen-bond donors (Lipinski definition) is 0. The van der Waals surface area contributed by atoms with Crippen LogP contribution in [0.25, 0.3) is 64.7 Å². The lowest BCUT2D eigenvalue weighted by molar-refractivity contribution is 1.28. The second-order valence-corrected chi connectivity index (χ2v) is 13.6. The summed E-state index contributed by atoms with van der Waals surface area (Å²) in [6.45, 7) is 0. The van der Waals surface area contributed by atoms with Gasteiger partial charge in [0.05, 0.1) is 0 Å². The SMILES string of the molecule is c1ccc(-c2ccc(N(c3ccc(-c4ccc(-c5ccccc5)c5c4sc4ccccc45)cc3)c3cccc(-c4ccccc4)c3)cc2)cc1. The summed E-state index contributed by atoms with van der Waals surface area (Å²) < 4.78 is 2.64. The predicted molar refractivity (Wildman–Crippen MR) is 216 cm³/mol. The van der Waals surface area contributed by atoms with E-state index < -0.39 is 0 Å². The van der Waals surface area contributed by atoms with Gasteiger partial charge < -0.3 is 4.90 Å². The van der Waals surface area contributed by atoms with Crippen molar-refractivity contribution < 1.29 is 0 Å². The van der Waals surface area contributed by atoms with Crippen molar-refractivity contribution in [2.75, 3.05) is 4.90 Å². The number of hydrogen-bond acceptors (Lipinski definition) is 2. The lowest BCUT2D eigenvalue weighted by Gasteiger charge is -2.26. The highest BCUT2D eigenvalue weighted by molar-refractivity contribution is 7.26. The molecule has 0 amide bonds. The molecule has 0 unspecified atom stereocenters. The summed E-state index contributed by atoms with van der Waals surface area (Å²) in [5.41, 5.74) is 13.1. The van der Waals surface area contributed by atoms with Gasteiger partial charge in [-0.1, -0.05) is 158 Å². The Morgan fingerprint density at radius 2 is 0.800 bits per heavy atom. The average molecular weight is 656 g/mol. The molecule has 2 heteroatoms. The normalized spacial score (nSPS) is 11.2. The molecule has 0 fully saturated rings. The fourth-order valence-electron chi connectivity index (χ4n) is 7.04. The van der Waals surface area contributed by atoms with E-state index in [-0.39, 0.29) is 0 Å². The first-order valence-electron chi connectivity index (χ1n) is 17.0. The number of rotatable bonds is 7. The molecule has 0 saturated carbocycles. The first-order valence-corrected chi connectivity index (χ1v) is 17.8. The molecule has 50 heavy (non-hydrogen) atoms. The second-order valence-electron chi connectivity index (χ2n) is 12.5. The monoisotopic (exact) mass is 655 g/mol. The van der Waals surface area contributed by atoms with Crippen LogP contribution in [0.15, 0.2) is 200 Å². The molecule has 9 rings (SSSR count). The maximum atomic E-state index is 2.36. The minimum absolute atomic E-state index is 1.11. The van der Waals surface area contributed by atoms with Crippen LogP contribution in [0.1, 0.15) is 0 Å². The summed E-state index contributed by atoms with van der Waals surface area (Å²) in [5.74, 6) is 0. The standard InChI is InChI=1S/C48H33NS/c1-4-13-34(14-5-1)36-23-27-40(28-24-36)49(42-20-12-19-39(33-42)35-15-6-2-7-16-35)41-29-25-38(26-30-41)44-32-31-43(37-17-8-3-9-18-37)47-45-21-10-11-22-46(45)50-48(44)47/h1-33H. The molecule has 1 heterocycles. The molecule has 0 radical (unpaired) electrons. The van der Waals surface area contributed by atoms with Gasteiger partial charge in [0.2, 0.25) is 0 Å². The van der Waals surface area contributed by atoms with E-state index in [1.54, 1.807) is 0 Å². The molecule has 0 atom stereocenters. The minimum atomic E-state index is 1.11. The van der Waals surface area contributed by atoms with Gasteiger partial charge in [0.15, 0.2) is 0 Å². The zero-order chi connectivity index (χ0) is 33.3. The molecule has 0 aliphatic rings. The Hall–Kier alpha value is -6.22. The Bertz CT molecular complexity index is 2550. The van der Waals surface area contributed by atoms with Crippen molar-refractivity contribution in [2.24, 2.45) is 0 Å². The van der Waals surface area contributed by atoms with Gasteiger partial charge in [0.25, 0.3) is 0 Å². The fourth-order valence-corrected chi connectivity index (χ4v) is 8.30. The Labute approximate surface area is 297 Å². The van der Waals surface area contributed by atoms with Gasteiger partial charge in [-0.25, -0.2) is 0 Å². The summed E-state index contributed by atoms with van der Waals surface area (Å²) in [4.78, 5) is 2.36. The van der Waals surface area contributed by atoms with E-state index >= 15 is 0 Å². The van der Waals surface area contributed by atoms with Crippen molar-refractivity contribution >= 4 is 48.6 Å². The first-order chi connectivity index (χ1) is 24.8. The van der Waals surface area contributed by atoms with E-state index in [2.05, 4.69) is 205 Å². The molecule has 0 N–H and O–H groups in total. The van der Waals surface area contributed by atoms with Crippen molar-refractivity contribution in [3.8, 4) is 44.5 Å². The second kappa shape index (κ2) is 13.0. The Balaban J connectivity index is 1.15. The summed E-state index contributed by atoms with van der Waals surface area (Å²) in [5, 5.41) is 2.64. The number of fused-ring (bicyclic) bond motifs is 3. The summed E-state index contributed by atoms with van der Waals surface area (Å²) >= 11 is 1.88. The van der Waals surface area contributed by atoms with Crippen LogP contribution >= 0.6 is 11.3 Å². The van der Waals surface area contributed by atoms with Gasteiger partial charge in [-0.05, 0) is 87.0 Å². The van der Waals surface area contributed by atoms with E-state index in [0.717, 1.165) is 17.1 Å². The van der Waals surface area contributed by atoms with Crippen molar-refractivity contribution in [3.05, 3.63) is 200 Å². The molecular weight excluding hydrogens is 623 g/mol. The lowest BCUT2D eigenvalue weighted by atomic mass is 9.95.